The van der Waals surface area contributed by atoms with Gasteiger partial charge in [0.2, 0.25) is 5.91 Å². The third kappa shape index (κ3) is 3.97. The quantitative estimate of drug-likeness (QED) is 0.735. The van der Waals surface area contributed by atoms with Gasteiger partial charge in [-0.15, -0.1) is 0 Å². The molecule has 1 N–H and O–H groups in total. The fourth-order valence-electron chi connectivity index (χ4n) is 2.63. The van der Waals surface area contributed by atoms with E-state index < -0.39 is 0 Å². The second-order valence-electron chi connectivity index (χ2n) is 6.18. The normalized spacial score (nSPS) is 11.9. The number of benzene rings is 2. The molecule has 0 fully saturated rings. The first-order valence-corrected chi connectivity index (χ1v) is 8.66. The number of hydrogen-bond donors (Lipinski definition) is 1. The van der Waals surface area contributed by atoms with E-state index in [-0.39, 0.29) is 11.8 Å². The van der Waals surface area contributed by atoms with Crippen LogP contribution in [0.1, 0.15) is 25.8 Å². The lowest BCUT2D eigenvalue weighted by molar-refractivity contribution is -0.124. The van der Waals surface area contributed by atoms with Gasteiger partial charge in [0, 0.05) is 29.8 Å². The Labute approximate surface area is 148 Å². The van der Waals surface area contributed by atoms with Crippen molar-refractivity contribution in [2.24, 2.45) is 5.92 Å². The average Bonchev–Trinajstić information content (AvgIpc) is 3.11. The van der Waals surface area contributed by atoms with Crippen LogP contribution in [0.2, 0.25) is 0 Å². The van der Waals surface area contributed by atoms with Gasteiger partial charge in [-0.05, 0) is 18.6 Å². The van der Waals surface area contributed by atoms with Crippen LogP contribution in [-0.4, -0.2) is 15.7 Å². The summed E-state index contributed by atoms with van der Waals surface area (Å²) in [7, 11) is 0. The van der Waals surface area contributed by atoms with Crippen molar-refractivity contribution in [2.75, 3.05) is 0 Å². The van der Waals surface area contributed by atoms with E-state index in [9.17, 15) is 4.79 Å². The minimum absolute atomic E-state index is 0.0179. The smallest absolute Gasteiger partial charge is 0.223 e. The summed E-state index contributed by atoms with van der Waals surface area (Å²) in [6.07, 6.45) is 2.83. The SMILES string of the molecule is CCC(C)C(=O)NCc1cn(-c2ccccc2)nc1-c1ccccc1. The zero-order chi connectivity index (χ0) is 17.6. The van der Waals surface area contributed by atoms with Crippen molar-refractivity contribution in [2.45, 2.75) is 26.8 Å². The molecule has 3 rings (SSSR count). The van der Waals surface area contributed by atoms with Crippen LogP contribution in [0.4, 0.5) is 0 Å². The van der Waals surface area contributed by atoms with Gasteiger partial charge >= 0.3 is 0 Å². The van der Waals surface area contributed by atoms with Crippen LogP contribution in [-0.2, 0) is 11.3 Å². The lowest BCUT2D eigenvalue weighted by Crippen LogP contribution is -2.28. The highest BCUT2D eigenvalue weighted by atomic mass is 16.1. The van der Waals surface area contributed by atoms with Crippen LogP contribution >= 0.6 is 0 Å². The summed E-state index contributed by atoms with van der Waals surface area (Å²) >= 11 is 0. The van der Waals surface area contributed by atoms with E-state index in [2.05, 4.69) is 5.32 Å². The molecule has 0 saturated heterocycles. The average molecular weight is 333 g/mol. The second kappa shape index (κ2) is 7.79. The molecule has 0 radical (unpaired) electrons. The molecule has 0 aliphatic heterocycles. The molecule has 0 aliphatic rings. The Hall–Kier alpha value is -2.88. The van der Waals surface area contributed by atoms with Gasteiger partial charge in [0.25, 0.3) is 0 Å². The van der Waals surface area contributed by atoms with E-state index >= 15 is 0 Å². The van der Waals surface area contributed by atoms with E-state index in [0.717, 1.165) is 28.9 Å². The molecular weight excluding hydrogens is 310 g/mol. The summed E-state index contributed by atoms with van der Waals surface area (Å²) in [5.41, 5.74) is 3.95. The molecule has 1 atom stereocenters. The van der Waals surface area contributed by atoms with Crippen LogP contribution < -0.4 is 5.32 Å². The van der Waals surface area contributed by atoms with Crippen molar-refractivity contribution in [3.8, 4) is 16.9 Å². The predicted octanol–water partition coefficient (Wildman–Crippen LogP) is 4.20. The first-order chi connectivity index (χ1) is 12.2. The number of para-hydroxylation sites is 1. The molecule has 1 unspecified atom stereocenters. The zero-order valence-corrected chi connectivity index (χ0v) is 14.6. The molecule has 0 saturated carbocycles. The first kappa shape index (κ1) is 17.0. The van der Waals surface area contributed by atoms with Crippen LogP contribution in [0.3, 0.4) is 0 Å². The largest absolute Gasteiger partial charge is 0.352 e. The third-order valence-corrected chi connectivity index (χ3v) is 4.37. The number of amides is 1. The Morgan fingerprint density at radius 3 is 2.36 bits per heavy atom. The predicted molar refractivity (Wildman–Crippen MR) is 100 cm³/mol. The summed E-state index contributed by atoms with van der Waals surface area (Å²) in [6.45, 7) is 4.44. The van der Waals surface area contributed by atoms with Crippen LogP contribution in [0, 0.1) is 5.92 Å². The van der Waals surface area contributed by atoms with E-state index in [0.29, 0.717) is 6.54 Å². The topological polar surface area (TPSA) is 46.9 Å². The van der Waals surface area contributed by atoms with E-state index in [1.807, 2.05) is 85.4 Å². The van der Waals surface area contributed by atoms with Gasteiger partial charge < -0.3 is 5.32 Å². The number of carbonyl (C=O) groups is 1. The molecule has 1 heterocycles. The number of hydrogen-bond acceptors (Lipinski definition) is 2. The number of rotatable bonds is 6. The monoisotopic (exact) mass is 333 g/mol. The fourth-order valence-corrected chi connectivity index (χ4v) is 2.63. The summed E-state index contributed by atoms with van der Waals surface area (Å²) in [4.78, 5) is 12.1. The molecule has 2 aromatic carbocycles. The molecule has 0 bridgehead atoms. The van der Waals surface area contributed by atoms with Crippen molar-refractivity contribution < 1.29 is 4.79 Å². The van der Waals surface area contributed by atoms with Crippen LogP contribution in [0.15, 0.2) is 66.9 Å². The molecule has 25 heavy (non-hydrogen) atoms. The Kier molecular flexibility index (Phi) is 5.29. The standard InChI is InChI=1S/C21H23N3O/c1-3-16(2)21(25)22-14-18-15-24(19-12-8-5-9-13-19)23-20(18)17-10-6-4-7-11-17/h4-13,15-16H,3,14H2,1-2H3,(H,22,25). The number of nitrogens with zero attached hydrogens (tertiary/aromatic N) is 2. The van der Waals surface area contributed by atoms with Gasteiger partial charge in [-0.3, -0.25) is 4.79 Å². The minimum Gasteiger partial charge on any atom is -0.352 e. The van der Waals surface area contributed by atoms with Gasteiger partial charge in [0.1, 0.15) is 0 Å². The molecule has 4 nitrogen and oxygen atoms in total. The summed E-state index contributed by atoms with van der Waals surface area (Å²) in [5, 5.41) is 7.79. The van der Waals surface area contributed by atoms with Crippen LogP contribution in [0.5, 0.6) is 0 Å². The van der Waals surface area contributed by atoms with Crippen molar-refractivity contribution in [1.29, 1.82) is 0 Å². The van der Waals surface area contributed by atoms with Gasteiger partial charge in [-0.2, -0.15) is 5.10 Å². The van der Waals surface area contributed by atoms with Gasteiger partial charge in [-0.25, -0.2) is 4.68 Å². The van der Waals surface area contributed by atoms with Gasteiger partial charge in [0.05, 0.1) is 11.4 Å². The van der Waals surface area contributed by atoms with E-state index in [1.165, 1.54) is 0 Å². The number of nitrogens with one attached hydrogen (secondary N) is 1. The molecule has 1 amide bonds. The van der Waals surface area contributed by atoms with Crippen LogP contribution in [0.25, 0.3) is 16.9 Å². The molecule has 128 valence electrons. The Morgan fingerprint density at radius 1 is 1.08 bits per heavy atom. The third-order valence-electron chi connectivity index (χ3n) is 4.37. The maximum atomic E-state index is 12.1. The molecular formula is C21H23N3O. The first-order valence-electron chi connectivity index (χ1n) is 8.66. The highest BCUT2D eigenvalue weighted by Crippen LogP contribution is 2.23. The van der Waals surface area contributed by atoms with E-state index in [1.54, 1.807) is 0 Å². The minimum atomic E-state index is 0.0179. The van der Waals surface area contributed by atoms with Crippen molar-refractivity contribution >= 4 is 5.91 Å². The Bertz CT molecular complexity index is 825. The van der Waals surface area contributed by atoms with Gasteiger partial charge in [-0.1, -0.05) is 62.4 Å². The summed E-state index contributed by atoms with van der Waals surface area (Å²) < 4.78 is 1.87. The number of aromatic nitrogens is 2. The summed E-state index contributed by atoms with van der Waals surface area (Å²) in [6, 6.07) is 20.1. The lowest BCUT2D eigenvalue weighted by Gasteiger charge is -2.09. The zero-order valence-electron chi connectivity index (χ0n) is 14.6. The Balaban J connectivity index is 1.92. The molecule has 0 spiro atoms. The number of carbonyl (C=O) groups excluding carboxylic acids is 1. The molecule has 0 aliphatic carbocycles. The Morgan fingerprint density at radius 2 is 1.72 bits per heavy atom. The lowest BCUT2D eigenvalue weighted by atomic mass is 10.1. The summed E-state index contributed by atoms with van der Waals surface area (Å²) in [5.74, 6) is 0.0957. The highest BCUT2D eigenvalue weighted by Gasteiger charge is 2.15. The van der Waals surface area contributed by atoms with Crippen molar-refractivity contribution in [1.82, 2.24) is 15.1 Å². The highest BCUT2D eigenvalue weighted by molar-refractivity contribution is 5.78. The molecule has 4 heteroatoms. The molecule has 3 aromatic rings. The fraction of sp³-hybridized carbons (Fsp3) is 0.238. The maximum absolute atomic E-state index is 12.1. The maximum Gasteiger partial charge on any atom is 0.223 e. The second-order valence-corrected chi connectivity index (χ2v) is 6.18. The molecule has 1 aromatic heterocycles. The van der Waals surface area contributed by atoms with Crippen molar-refractivity contribution in [3.63, 3.8) is 0 Å². The van der Waals surface area contributed by atoms with Crippen molar-refractivity contribution in [3.05, 3.63) is 72.4 Å². The van der Waals surface area contributed by atoms with Gasteiger partial charge in [0.15, 0.2) is 0 Å². The van der Waals surface area contributed by atoms with E-state index in [4.69, 9.17) is 5.10 Å².